The molecule has 1 aromatic carbocycles. The molecular weight excluding hydrogens is 368 g/mol. The average molecular weight is 383 g/mol. The van der Waals surface area contributed by atoms with E-state index in [1.807, 2.05) is 6.07 Å². The summed E-state index contributed by atoms with van der Waals surface area (Å²) in [5.41, 5.74) is 4.80. The smallest absolute Gasteiger partial charge is 0.273 e. The normalized spacial score (nSPS) is 11.0. The molecule has 0 atom stereocenters. The van der Waals surface area contributed by atoms with Gasteiger partial charge in [-0.1, -0.05) is 48.9 Å². The van der Waals surface area contributed by atoms with Crippen LogP contribution in [0.5, 0.6) is 0 Å². The second-order valence-corrected chi connectivity index (χ2v) is 7.50. The topological polar surface area (TPSA) is 118 Å². The first kappa shape index (κ1) is 18.8. The van der Waals surface area contributed by atoms with Crippen LogP contribution in [0.4, 0.5) is 0 Å². The molecule has 8 nitrogen and oxygen atoms in total. The number of halogens is 1. The largest absolute Gasteiger partial charge is 0.289 e. The zero-order chi connectivity index (χ0) is 18.4. The molecule has 0 aliphatic rings. The molecule has 0 spiro atoms. The monoisotopic (exact) mass is 382 g/mol. The van der Waals surface area contributed by atoms with Gasteiger partial charge in [-0.25, -0.2) is 18.4 Å². The summed E-state index contributed by atoms with van der Waals surface area (Å²) in [4.78, 5) is 31.2. The van der Waals surface area contributed by atoms with E-state index in [1.54, 1.807) is 24.3 Å². The van der Waals surface area contributed by atoms with E-state index in [4.69, 9.17) is 11.6 Å². The SMILES string of the molecule is CCS(=O)(=O)c1ncc(Cl)c(C(=O)NNC(=O)Cc2ccccc2)n1. The Labute approximate surface area is 149 Å². The first-order valence-electron chi connectivity index (χ1n) is 7.22. The third-order valence-corrected chi connectivity index (χ3v) is 4.91. The van der Waals surface area contributed by atoms with E-state index in [-0.39, 0.29) is 22.9 Å². The highest BCUT2D eigenvalue weighted by Gasteiger charge is 2.21. The van der Waals surface area contributed by atoms with Gasteiger partial charge in [-0.05, 0) is 5.56 Å². The van der Waals surface area contributed by atoms with Crippen LogP contribution >= 0.6 is 11.6 Å². The molecule has 0 aliphatic heterocycles. The Morgan fingerprint density at radius 2 is 1.84 bits per heavy atom. The summed E-state index contributed by atoms with van der Waals surface area (Å²) in [6, 6.07) is 8.94. The molecule has 0 unspecified atom stereocenters. The van der Waals surface area contributed by atoms with Gasteiger partial charge in [0.1, 0.15) is 0 Å². The molecule has 0 fully saturated rings. The zero-order valence-electron chi connectivity index (χ0n) is 13.2. The molecular formula is C15H15ClN4O4S. The lowest BCUT2D eigenvalue weighted by molar-refractivity contribution is -0.121. The Morgan fingerprint density at radius 1 is 1.16 bits per heavy atom. The Kier molecular flexibility index (Phi) is 6.05. The molecule has 10 heteroatoms. The van der Waals surface area contributed by atoms with Crippen LogP contribution in [0.1, 0.15) is 23.0 Å². The second-order valence-electron chi connectivity index (χ2n) is 4.92. The van der Waals surface area contributed by atoms with Crippen LogP contribution in [0.25, 0.3) is 0 Å². The predicted molar refractivity (Wildman–Crippen MR) is 90.5 cm³/mol. The van der Waals surface area contributed by atoms with Crippen molar-refractivity contribution in [1.82, 2.24) is 20.8 Å². The summed E-state index contributed by atoms with van der Waals surface area (Å²) in [6.45, 7) is 1.43. The number of nitrogens with one attached hydrogen (secondary N) is 2. The summed E-state index contributed by atoms with van der Waals surface area (Å²) in [7, 11) is -3.69. The van der Waals surface area contributed by atoms with Crippen LogP contribution < -0.4 is 10.9 Å². The zero-order valence-corrected chi connectivity index (χ0v) is 14.8. The van der Waals surface area contributed by atoms with E-state index in [9.17, 15) is 18.0 Å². The number of benzene rings is 1. The van der Waals surface area contributed by atoms with Crippen molar-refractivity contribution in [2.24, 2.45) is 0 Å². The molecule has 0 aliphatic carbocycles. The van der Waals surface area contributed by atoms with E-state index < -0.39 is 26.8 Å². The van der Waals surface area contributed by atoms with Gasteiger partial charge in [-0.15, -0.1) is 0 Å². The van der Waals surface area contributed by atoms with Gasteiger partial charge in [-0.3, -0.25) is 20.4 Å². The Morgan fingerprint density at radius 3 is 2.48 bits per heavy atom. The summed E-state index contributed by atoms with van der Waals surface area (Å²) in [5, 5.41) is -0.634. The van der Waals surface area contributed by atoms with Crippen LogP contribution in [-0.2, 0) is 21.1 Å². The maximum atomic E-state index is 12.1. The highest BCUT2D eigenvalue weighted by Crippen LogP contribution is 2.14. The third kappa shape index (κ3) is 4.97. The van der Waals surface area contributed by atoms with Crippen molar-refractivity contribution in [2.75, 3.05) is 5.75 Å². The Balaban J connectivity index is 2.05. The minimum Gasteiger partial charge on any atom is -0.273 e. The van der Waals surface area contributed by atoms with Crippen LogP contribution in [0, 0.1) is 0 Å². The van der Waals surface area contributed by atoms with E-state index in [0.717, 1.165) is 11.8 Å². The van der Waals surface area contributed by atoms with Crippen molar-refractivity contribution in [3.63, 3.8) is 0 Å². The first-order chi connectivity index (χ1) is 11.8. The van der Waals surface area contributed by atoms with Crippen LogP contribution in [0.15, 0.2) is 41.7 Å². The third-order valence-electron chi connectivity index (χ3n) is 3.12. The van der Waals surface area contributed by atoms with Crippen molar-refractivity contribution in [2.45, 2.75) is 18.5 Å². The molecule has 2 aromatic rings. The lowest BCUT2D eigenvalue weighted by Gasteiger charge is -2.09. The number of sulfone groups is 1. The maximum absolute atomic E-state index is 12.1. The second kappa shape index (κ2) is 8.04. The number of amides is 2. The fourth-order valence-electron chi connectivity index (χ4n) is 1.80. The molecule has 0 saturated carbocycles. The minimum absolute atomic E-state index is 0.0636. The molecule has 2 N–H and O–H groups in total. The fourth-order valence-corrected chi connectivity index (χ4v) is 2.68. The van der Waals surface area contributed by atoms with Crippen molar-refractivity contribution < 1.29 is 18.0 Å². The summed E-state index contributed by atoms with van der Waals surface area (Å²) >= 11 is 5.84. The quantitative estimate of drug-likeness (QED) is 0.586. The number of hydrazine groups is 1. The molecule has 0 radical (unpaired) electrons. The number of aromatic nitrogens is 2. The fraction of sp³-hybridized carbons (Fsp3) is 0.200. The summed E-state index contributed by atoms with van der Waals surface area (Å²) in [6.07, 6.45) is 1.09. The molecule has 0 bridgehead atoms. The molecule has 0 saturated heterocycles. The molecule has 1 heterocycles. The van der Waals surface area contributed by atoms with Gasteiger partial charge in [0, 0.05) is 0 Å². The van der Waals surface area contributed by atoms with Crippen LogP contribution in [0.3, 0.4) is 0 Å². The standard InChI is InChI=1S/C15H15ClN4O4S/c1-2-25(23,24)15-17-9-11(16)13(18-15)14(22)20-19-12(21)8-10-6-4-3-5-7-10/h3-7,9H,2,8H2,1H3,(H,19,21)(H,20,22). The van der Waals surface area contributed by atoms with Crippen LogP contribution in [-0.4, -0.2) is 36.0 Å². The molecule has 132 valence electrons. The molecule has 25 heavy (non-hydrogen) atoms. The number of nitrogens with zero attached hydrogens (tertiary/aromatic N) is 2. The number of hydrogen-bond acceptors (Lipinski definition) is 6. The van der Waals surface area contributed by atoms with Gasteiger partial charge >= 0.3 is 0 Å². The van der Waals surface area contributed by atoms with Crippen LogP contribution in [0.2, 0.25) is 5.02 Å². The van der Waals surface area contributed by atoms with Crippen molar-refractivity contribution in [1.29, 1.82) is 0 Å². The van der Waals surface area contributed by atoms with Gasteiger partial charge in [0.25, 0.3) is 5.91 Å². The van der Waals surface area contributed by atoms with E-state index in [2.05, 4.69) is 20.8 Å². The first-order valence-corrected chi connectivity index (χ1v) is 9.25. The highest BCUT2D eigenvalue weighted by atomic mass is 35.5. The number of hydrogen-bond donors (Lipinski definition) is 2. The van der Waals surface area contributed by atoms with Gasteiger partial charge in [0.2, 0.25) is 20.9 Å². The highest BCUT2D eigenvalue weighted by molar-refractivity contribution is 7.91. The average Bonchev–Trinajstić information content (AvgIpc) is 2.60. The molecule has 2 amide bonds. The lowest BCUT2D eigenvalue weighted by atomic mass is 10.1. The van der Waals surface area contributed by atoms with E-state index >= 15 is 0 Å². The summed E-state index contributed by atoms with van der Waals surface area (Å²) < 4.78 is 23.6. The number of carbonyl (C=O) groups excluding carboxylic acids is 2. The van der Waals surface area contributed by atoms with Gasteiger partial charge in [-0.2, -0.15) is 0 Å². The van der Waals surface area contributed by atoms with Crippen molar-refractivity contribution in [3.8, 4) is 0 Å². The number of rotatable bonds is 5. The van der Waals surface area contributed by atoms with Gasteiger partial charge < -0.3 is 0 Å². The van der Waals surface area contributed by atoms with Crippen molar-refractivity contribution >= 4 is 33.3 Å². The Hall–Kier alpha value is -2.52. The lowest BCUT2D eigenvalue weighted by Crippen LogP contribution is -2.43. The van der Waals surface area contributed by atoms with E-state index in [1.165, 1.54) is 6.92 Å². The maximum Gasteiger partial charge on any atom is 0.289 e. The Bertz CT molecular complexity index is 888. The van der Waals surface area contributed by atoms with E-state index in [0.29, 0.717) is 0 Å². The summed E-state index contributed by atoms with van der Waals surface area (Å²) in [5.74, 6) is -1.52. The van der Waals surface area contributed by atoms with Crippen molar-refractivity contribution in [3.05, 3.63) is 52.8 Å². The van der Waals surface area contributed by atoms with Gasteiger partial charge in [0.05, 0.1) is 23.4 Å². The van der Waals surface area contributed by atoms with Gasteiger partial charge in [0.15, 0.2) is 5.69 Å². The minimum atomic E-state index is -3.69. The molecule has 2 rings (SSSR count). The number of carbonyl (C=O) groups is 2. The predicted octanol–water partition coefficient (Wildman–Crippen LogP) is 0.927. The molecule has 1 aromatic heterocycles.